The summed E-state index contributed by atoms with van der Waals surface area (Å²) in [6, 6.07) is 6.88. The molecule has 1 aliphatic rings. The Bertz CT molecular complexity index is 1660. The van der Waals surface area contributed by atoms with Crippen molar-refractivity contribution in [2.45, 2.75) is 107 Å². The van der Waals surface area contributed by atoms with E-state index in [4.69, 9.17) is 33.7 Å². The van der Waals surface area contributed by atoms with Gasteiger partial charge in [-0.15, -0.1) is 0 Å². The van der Waals surface area contributed by atoms with Crippen molar-refractivity contribution in [3.8, 4) is 11.1 Å². The highest BCUT2D eigenvalue weighted by molar-refractivity contribution is 6.34. The maximum absolute atomic E-state index is 14.6. The predicted octanol–water partition coefficient (Wildman–Crippen LogP) is 9.13. The van der Waals surface area contributed by atoms with E-state index in [9.17, 15) is 14.7 Å². The van der Waals surface area contributed by atoms with Crippen LogP contribution >= 0.6 is 23.2 Å². The molecule has 1 aromatic carbocycles. The molecule has 252 valence electrons. The monoisotopic (exact) mass is 671 g/mol. The van der Waals surface area contributed by atoms with Gasteiger partial charge in [-0.3, -0.25) is 4.79 Å². The molecule has 3 N–H and O–H groups in total. The van der Waals surface area contributed by atoms with Crippen molar-refractivity contribution in [3.63, 3.8) is 0 Å². The lowest BCUT2D eigenvalue weighted by molar-refractivity contribution is -0.0922. The van der Waals surface area contributed by atoms with Gasteiger partial charge in [-0.1, -0.05) is 110 Å². The summed E-state index contributed by atoms with van der Waals surface area (Å²) in [6.45, 7) is 19.5. The number of unbranched alkanes of at least 4 members (excludes halogenated alkanes) is 1. The van der Waals surface area contributed by atoms with E-state index in [-0.39, 0.29) is 67.8 Å². The highest BCUT2D eigenvalue weighted by Crippen LogP contribution is 2.50. The number of esters is 1. The minimum absolute atomic E-state index is 0.00408. The first-order valence-corrected chi connectivity index (χ1v) is 17.4. The van der Waals surface area contributed by atoms with Gasteiger partial charge in [-0.2, -0.15) is 0 Å². The van der Waals surface area contributed by atoms with Gasteiger partial charge in [0.2, 0.25) is 0 Å². The molecule has 0 aliphatic heterocycles. The van der Waals surface area contributed by atoms with Crippen molar-refractivity contribution in [2.24, 2.45) is 34.5 Å². The standard InChI is InChI=1S/C37H51Cl2N3O4/c1-10-12-13-21(11-2)29(43)28-32(40)41-33-27(26(31(39)42(33)34(28)44)22-14-16-23(38)17-15-22)35(45)46-30-24(36(4,5)6)18-20(3)19-25(30)37(7,8)9/h14-17,20-21,24-25,30,43H,10-13,18-19H2,1-9H3,(H2,40,41)/b29-28+. The summed E-state index contributed by atoms with van der Waals surface area (Å²) in [4.78, 5) is 33.4. The van der Waals surface area contributed by atoms with Crippen LogP contribution in [0.15, 0.2) is 29.1 Å². The zero-order valence-corrected chi connectivity index (χ0v) is 30.4. The van der Waals surface area contributed by atoms with Gasteiger partial charge < -0.3 is 15.6 Å². The molecule has 7 nitrogen and oxygen atoms in total. The smallest absolute Gasteiger partial charge is 0.342 e. The van der Waals surface area contributed by atoms with Crippen molar-refractivity contribution < 1.29 is 14.6 Å². The summed E-state index contributed by atoms with van der Waals surface area (Å²) in [5.41, 5.74) is 6.53. The Kier molecular flexibility index (Phi) is 10.8. The minimum atomic E-state index is -0.624. The van der Waals surface area contributed by atoms with Crippen LogP contribution in [0, 0.1) is 34.5 Å². The van der Waals surface area contributed by atoms with Gasteiger partial charge in [0, 0.05) is 28.3 Å². The Hall–Kier alpha value is -2.77. The lowest BCUT2D eigenvalue weighted by Gasteiger charge is -2.50. The zero-order chi connectivity index (χ0) is 34.3. The number of nitrogens with zero attached hydrogens (tertiary/aromatic N) is 2. The predicted molar refractivity (Wildman–Crippen MR) is 189 cm³/mol. The number of carbonyl (C=O) groups is 1. The number of ether oxygens (including phenoxy) is 1. The maximum atomic E-state index is 14.6. The highest BCUT2D eigenvalue weighted by atomic mass is 35.5. The highest BCUT2D eigenvalue weighted by Gasteiger charge is 2.48. The maximum Gasteiger partial charge on any atom is 0.342 e. The summed E-state index contributed by atoms with van der Waals surface area (Å²) in [5.74, 6) is -0.440. The van der Waals surface area contributed by atoms with Gasteiger partial charge in [0.15, 0.2) is 5.65 Å². The van der Waals surface area contributed by atoms with Gasteiger partial charge in [-0.05, 0) is 60.1 Å². The molecule has 4 rings (SSSR count). The van der Waals surface area contributed by atoms with E-state index in [1.54, 1.807) is 24.3 Å². The number of fused-ring (bicyclic) bond motifs is 1. The van der Waals surface area contributed by atoms with E-state index >= 15 is 0 Å². The van der Waals surface area contributed by atoms with E-state index < -0.39 is 11.5 Å². The molecule has 3 aromatic rings. The molecule has 3 unspecified atom stereocenters. The van der Waals surface area contributed by atoms with Crippen LogP contribution in [0.3, 0.4) is 0 Å². The summed E-state index contributed by atoms with van der Waals surface area (Å²) < 4.78 is 7.78. The van der Waals surface area contributed by atoms with Crippen molar-refractivity contribution in [1.82, 2.24) is 9.38 Å². The number of rotatable bonds is 8. The first-order chi connectivity index (χ1) is 21.4. The number of aromatic nitrogens is 2. The molecule has 3 atom stereocenters. The number of benzene rings is 1. The Morgan fingerprint density at radius 2 is 1.63 bits per heavy atom. The van der Waals surface area contributed by atoms with Crippen LogP contribution in [0.25, 0.3) is 22.5 Å². The van der Waals surface area contributed by atoms with E-state index in [0.717, 1.165) is 25.7 Å². The average Bonchev–Trinajstić information content (AvgIpc) is 3.25. The number of hydrogen-bond acceptors (Lipinski definition) is 6. The van der Waals surface area contributed by atoms with Crippen LogP contribution in [-0.2, 0) is 4.74 Å². The summed E-state index contributed by atoms with van der Waals surface area (Å²) in [7, 11) is 0. The van der Waals surface area contributed by atoms with Crippen LogP contribution in [0.4, 0.5) is 5.82 Å². The van der Waals surface area contributed by atoms with E-state index in [1.807, 2.05) is 6.92 Å². The van der Waals surface area contributed by atoms with Crippen LogP contribution in [0.1, 0.15) is 111 Å². The Balaban J connectivity index is 2.00. The number of aliphatic hydroxyl groups excluding tert-OH is 1. The van der Waals surface area contributed by atoms with Gasteiger partial charge in [-0.25, -0.2) is 14.2 Å². The quantitative estimate of drug-likeness (QED) is 0.231. The van der Waals surface area contributed by atoms with E-state index in [0.29, 0.717) is 34.9 Å². The Morgan fingerprint density at radius 1 is 1.07 bits per heavy atom. The van der Waals surface area contributed by atoms with Crippen molar-refractivity contribution in [3.05, 3.63) is 55.6 Å². The normalized spacial score (nSPS) is 22.2. The van der Waals surface area contributed by atoms with Crippen LogP contribution in [-0.4, -0.2) is 26.6 Å². The second-order valence-electron chi connectivity index (χ2n) is 15.4. The fourth-order valence-electron chi connectivity index (χ4n) is 7.27. The molecule has 0 amide bonds. The number of nitrogens with two attached hydrogens (primary N) is 1. The van der Waals surface area contributed by atoms with Gasteiger partial charge >= 0.3 is 5.97 Å². The molecular formula is C37H51Cl2N3O4. The second kappa shape index (κ2) is 13.8. The molecule has 9 heteroatoms. The molecular weight excluding hydrogens is 621 g/mol. The Morgan fingerprint density at radius 3 is 2.13 bits per heavy atom. The largest absolute Gasteiger partial charge is 0.511 e. The molecule has 2 heterocycles. The number of halogens is 2. The first kappa shape index (κ1) is 36.1. The molecule has 0 saturated heterocycles. The molecule has 0 spiro atoms. The number of hydrogen-bond donors (Lipinski definition) is 2. The molecule has 1 aliphatic carbocycles. The van der Waals surface area contributed by atoms with Crippen molar-refractivity contribution >= 4 is 46.4 Å². The SMILES string of the molecule is CCCCC(CC)/C(O)=c1/c(N)nc2c(C(=O)OC3C(C(C)(C)C)CC(C)CC3C(C)(C)C)c(-c3ccc(Cl)cc3)c(Cl)n2c1=O. The third kappa shape index (κ3) is 7.06. The lowest BCUT2D eigenvalue weighted by Crippen LogP contribution is -2.49. The lowest BCUT2D eigenvalue weighted by atomic mass is 9.59. The topological polar surface area (TPSA) is 107 Å². The molecule has 0 bridgehead atoms. The number of nitrogen functional groups attached to an aromatic ring is 1. The summed E-state index contributed by atoms with van der Waals surface area (Å²) in [6.07, 6.45) is 4.65. The summed E-state index contributed by atoms with van der Waals surface area (Å²) in [5, 5.41) is 11.8. The Labute approximate surface area is 283 Å². The van der Waals surface area contributed by atoms with Crippen LogP contribution in [0.5, 0.6) is 0 Å². The molecule has 0 radical (unpaired) electrons. The first-order valence-electron chi connectivity index (χ1n) is 16.7. The van der Waals surface area contributed by atoms with Crippen LogP contribution < -0.4 is 16.5 Å². The van der Waals surface area contributed by atoms with E-state index in [1.165, 1.54) is 4.40 Å². The molecule has 2 aromatic heterocycles. The third-order valence-electron chi connectivity index (χ3n) is 9.94. The van der Waals surface area contributed by atoms with Gasteiger partial charge in [0.05, 0.1) is 0 Å². The minimum Gasteiger partial charge on any atom is -0.511 e. The average molecular weight is 673 g/mol. The van der Waals surface area contributed by atoms with Crippen LogP contribution in [0.2, 0.25) is 10.2 Å². The van der Waals surface area contributed by atoms with Crippen molar-refractivity contribution in [1.29, 1.82) is 0 Å². The molecule has 1 fully saturated rings. The zero-order valence-electron chi connectivity index (χ0n) is 28.8. The fraction of sp³-hybridized carbons (Fsp3) is 0.595. The number of aliphatic hydroxyl groups is 1. The summed E-state index contributed by atoms with van der Waals surface area (Å²) >= 11 is 13.2. The molecule has 46 heavy (non-hydrogen) atoms. The third-order valence-corrected chi connectivity index (χ3v) is 10.5. The van der Waals surface area contributed by atoms with Gasteiger partial charge in [0.25, 0.3) is 5.56 Å². The fourth-order valence-corrected chi connectivity index (χ4v) is 7.75. The van der Waals surface area contributed by atoms with E-state index in [2.05, 4.69) is 60.4 Å². The number of anilines is 1. The van der Waals surface area contributed by atoms with Crippen molar-refractivity contribution in [2.75, 3.05) is 5.73 Å². The second-order valence-corrected chi connectivity index (χ2v) is 16.2. The number of carbonyl (C=O) groups excluding carboxylic acids is 1. The van der Waals surface area contributed by atoms with Gasteiger partial charge in [0.1, 0.15) is 33.6 Å². The molecule has 1 saturated carbocycles.